The first-order valence-corrected chi connectivity index (χ1v) is 13.2. The normalized spacial score (nSPS) is 13.6. The van der Waals surface area contributed by atoms with E-state index >= 15 is 0 Å². The molecule has 1 rings (SSSR count). The number of carboxylic acids is 1. The number of nitrogens with one attached hydrogen (secondary N) is 3. The maximum absolute atomic E-state index is 13.3. The van der Waals surface area contributed by atoms with Crippen LogP contribution in [0.1, 0.15) is 31.2 Å². The van der Waals surface area contributed by atoms with Gasteiger partial charge in [0.05, 0.1) is 6.04 Å². The quantitative estimate of drug-likeness (QED) is 0.0366. The lowest BCUT2D eigenvalue weighted by Gasteiger charge is -2.25. The molecule has 3 amide bonds. The maximum atomic E-state index is 13.3. The number of rotatable bonds is 18. The topological polar surface area (TPSA) is 279 Å². The van der Waals surface area contributed by atoms with Gasteiger partial charge in [-0.2, -0.15) is 12.6 Å². The molecule has 4 unspecified atom stereocenters. The first kappa shape index (κ1) is 34.0. The maximum Gasteiger partial charge on any atom is 0.327 e. The zero-order valence-corrected chi connectivity index (χ0v) is 23.1. The number of aliphatic carboxylic acids is 1. The van der Waals surface area contributed by atoms with Crippen LogP contribution >= 0.6 is 12.6 Å². The van der Waals surface area contributed by atoms with Gasteiger partial charge in [-0.3, -0.25) is 24.4 Å². The number of carboxylic acid groups (broad SMARTS) is 1. The van der Waals surface area contributed by atoms with Crippen molar-refractivity contribution in [2.24, 2.45) is 38.7 Å². The van der Waals surface area contributed by atoms with Crippen molar-refractivity contribution in [2.75, 3.05) is 18.8 Å². The second kappa shape index (κ2) is 18.3. The number of thiol groups is 1. The van der Waals surface area contributed by atoms with E-state index in [0.29, 0.717) is 12.8 Å². The number of amides is 3. The summed E-state index contributed by atoms with van der Waals surface area (Å²) in [7, 11) is 0. The van der Waals surface area contributed by atoms with Crippen LogP contribution in [0.5, 0.6) is 0 Å². The molecule has 4 atom stereocenters. The highest BCUT2D eigenvalue weighted by atomic mass is 32.1. The van der Waals surface area contributed by atoms with Crippen molar-refractivity contribution in [2.45, 2.75) is 56.3 Å². The van der Waals surface area contributed by atoms with Gasteiger partial charge in [-0.05, 0) is 37.7 Å². The molecule has 40 heavy (non-hydrogen) atoms. The average Bonchev–Trinajstić information content (AvgIpc) is 2.90. The Hall–Kier alpha value is -4.05. The van der Waals surface area contributed by atoms with Crippen LogP contribution in [-0.4, -0.2) is 83.7 Å². The van der Waals surface area contributed by atoms with E-state index in [9.17, 15) is 24.3 Å². The molecule has 0 spiro atoms. The lowest BCUT2D eigenvalue weighted by atomic mass is 10.0. The van der Waals surface area contributed by atoms with Gasteiger partial charge in [-0.25, -0.2) is 4.79 Å². The van der Waals surface area contributed by atoms with Crippen molar-refractivity contribution in [1.82, 2.24) is 16.0 Å². The van der Waals surface area contributed by atoms with E-state index in [0.717, 1.165) is 5.56 Å². The third kappa shape index (κ3) is 13.7. The van der Waals surface area contributed by atoms with Gasteiger partial charge in [0.1, 0.15) is 18.1 Å². The van der Waals surface area contributed by atoms with E-state index in [1.807, 2.05) is 30.3 Å². The van der Waals surface area contributed by atoms with E-state index in [-0.39, 0.29) is 50.0 Å². The van der Waals surface area contributed by atoms with Gasteiger partial charge in [0.2, 0.25) is 17.7 Å². The van der Waals surface area contributed by atoms with E-state index in [1.165, 1.54) is 0 Å². The molecule has 1 aromatic carbocycles. The zero-order chi connectivity index (χ0) is 30.1. The number of carbonyl (C=O) groups excluding carboxylic acids is 3. The molecule has 0 radical (unpaired) electrons. The van der Waals surface area contributed by atoms with Crippen LogP contribution < -0.4 is 44.6 Å². The van der Waals surface area contributed by atoms with Crippen LogP contribution in [0.2, 0.25) is 0 Å². The lowest BCUT2D eigenvalue weighted by molar-refractivity contribution is -0.141. The highest BCUT2D eigenvalue weighted by Gasteiger charge is 2.29. The fourth-order valence-electron chi connectivity index (χ4n) is 3.51. The number of hydrogen-bond acceptors (Lipinski definition) is 8. The van der Waals surface area contributed by atoms with Gasteiger partial charge in [0.25, 0.3) is 0 Å². The minimum Gasteiger partial charge on any atom is -0.480 e. The van der Waals surface area contributed by atoms with Crippen molar-refractivity contribution in [3.63, 3.8) is 0 Å². The molecule has 0 aliphatic heterocycles. The predicted octanol–water partition coefficient (Wildman–Crippen LogP) is -2.87. The Morgan fingerprint density at radius 2 is 1.23 bits per heavy atom. The Morgan fingerprint density at radius 3 is 1.65 bits per heavy atom. The number of carbonyl (C=O) groups is 4. The second-order valence-electron chi connectivity index (χ2n) is 8.90. The summed E-state index contributed by atoms with van der Waals surface area (Å²) >= 11 is 3.95. The fourth-order valence-corrected chi connectivity index (χ4v) is 3.76. The van der Waals surface area contributed by atoms with Crippen molar-refractivity contribution >= 4 is 48.2 Å². The number of aliphatic imine (C=N–C) groups is 2. The van der Waals surface area contributed by atoms with Crippen LogP contribution in [0.4, 0.5) is 0 Å². The van der Waals surface area contributed by atoms with Crippen molar-refractivity contribution in [3.05, 3.63) is 35.9 Å². The SMILES string of the molecule is NC(N)=NCCCC(NC(=O)C(N)Cc1ccccc1)C(=O)NC(CCCN=C(N)N)C(=O)NC(CS)C(=O)O. The number of hydrogen-bond donors (Lipinski definition) is 10. The monoisotopic (exact) mass is 580 g/mol. The predicted molar refractivity (Wildman–Crippen MR) is 155 cm³/mol. The molecule has 0 saturated carbocycles. The Balaban J connectivity index is 3.04. The summed E-state index contributed by atoms with van der Waals surface area (Å²) in [5.41, 5.74) is 28.3. The molecule has 0 aliphatic carbocycles. The lowest BCUT2D eigenvalue weighted by Crippen LogP contribution is -2.57. The third-order valence-corrected chi connectivity index (χ3v) is 5.95. The van der Waals surface area contributed by atoms with E-state index in [1.54, 1.807) is 0 Å². The van der Waals surface area contributed by atoms with Gasteiger partial charge >= 0.3 is 5.97 Å². The Morgan fingerprint density at radius 1 is 0.775 bits per heavy atom. The molecular weight excluding hydrogens is 540 g/mol. The van der Waals surface area contributed by atoms with Crippen LogP contribution in [-0.2, 0) is 25.6 Å². The molecule has 0 bridgehead atoms. The summed E-state index contributed by atoms with van der Waals surface area (Å²) < 4.78 is 0. The van der Waals surface area contributed by atoms with Crippen molar-refractivity contribution in [1.29, 1.82) is 0 Å². The zero-order valence-electron chi connectivity index (χ0n) is 22.2. The summed E-state index contributed by atoms with van der Waals surface area (Å²) in [5.74, 6) is -3.70. The molecule has 0 saturated heterocycles. The minimum absolute atomic E-state index is 0.0788. The number of guanidine groups is 2. The van der Waals surface area contributed by atoms with Crippen LogP contribution in [0.15, 0.2) is 40.3 Å². The third-order valence-electron chi connectivity index (χ3n) is 5.59. The summed E-state index contributed by atoms with van der Waals surface area (Å²) in [6.45, 7) is 0.368. The number of nitrogens with two attached hydrogens (primary N) is 5. The van der Waals surface area contributed by atoms with Crippen molar-refractivity contribution < 1.29 is 24.3 Å². The average molecular weight is 581 g/mol. The first-order chi connectivity index (χ1) is 18.9. The van der Waals surface area contributed by atoms with Crippen LogP contribution in [0.3, 0.4) is 0 Å². The standard InChI is InChI=1S/C24H40N10O5S/c25-15(12-14-6-2-1-3-7-14)19(35)32-16(8-4-10-30-23(26)27)20(36)33-17(9-5-11-31-24(28)29)21(37)34-18(13-40)22(38)39/h1-3,6-7,15-18,40H,4-5,8-13,25H2,(H,32,35)(H,33,36)(H,34,37)(H,38,39)(H4,26,27,30)(H4,28,29,31). The summed E-state index contributed by atoms with van der Waals surface area (Å²) in [5, 5.41) is 16.9. The molecule has 0 heterocycles. The molecule has 1 aromatic rings. The Labute approximate surface area is 238 Å². The molecule has 16 heteroatoms. The molecular formula is C24H40N10O5S. The van der Waals surface area contributed by atoms with Gasteiger partial charge in [-0.1, -0.05) is 30.3 Å². The Bertz CT molecular complexity index is 1030. The molecule has 0 fully saturated rings. The van der Waals surface area contributed by atoms with E-state index < -0.39 is 47.9 Å². The minimum atomic E-state index is -1.29. The van der Waals surface area contributed by atoms with Gasteiger partial charge in [-0.15, -0.1) is 0 Å². The summed E-state index contributed by atoms with van der Waals surface area (Å²) in [6.07, 6.45) is 1.06. The molecule has 0 aromatic heterocycles. The molecule has 14 N–H and O–H groups in total. The van der Waals surface area contributed by atoms with Gasteiger partial charge in [0, 0.05) is 18.8 Å². The number of benzene rings is 1. The second-order valence-corrected chi connectivity index (χ2v) is 9.26. The molecule has 222 valence electrons. The number of nitrogens with zero attached hydrogens (tertiary/aromatic N) is 2. The van der Waals surface area contributed by atoms with Gasteiger partial charge in [0.15, 0.2) is 11.9 Å². The van der Waals surface area contributed by atoms with E-state index in [2.05, 4.69) is 38.6 Å². The van der Waals surface area contributed by atoms with Gasteiger partial charge < -0.3 is 49.7 Å². The molecule has 15 nitrogen and oxygen atoms in total. The van der Waals surface area contributed by atoms with Crippen LogP contribution in [0, 0.1) is 0 Å². The summed E-state index contributed by atoms with van der Waals surface area (Å²) in [4.78, 5) is 58.2. The highest BCUT2D eigenvalue weighted by molar-refractivity contribution is 7.80. The smallest absolute Gasteiger partial charge is 0.327 e. The fraction of sp³-hybridized carbons (Fsp3) is 0.500. The largest absolute Gasteiger partial charge is 0.480 e. The van der Waals surface area contributed by atoms with Crippen LogP contribution in [0.25, 0.3) is 0 Å². The molecule has 0 aliphatic rings. The van der Waals surface area contributed by atoms with Crippen molar-refractivity contribution in [3.8, 4) is 0 Å². The Kier molecular flexibility index (Phi) is 15.5. The first-order valence-electron chi connectivity index (χ1n) is 12.6. The highest BCUT2D eigenvalue weighted by Crippen LogP contribution is 2.07. The van der Waals surface area contributed by atoms with E-state index in [4.69, 9.17) is 28.7 Å². The summed E-state index contributed by atoms with van der Waals surface area (Å²) in [6, 6.07) is 4.67.